The number of hydrogen-bond acceptors (Lipinski definition) is 1. The predicted octanol–water partition coefficient (Wildman–Crippen LogP) is 2.35. The minimum absolute atomic E-state index is 0.0409. The molecule has 2 nitrogen and oxygen atoms in total. The quantitative estimate of drug-likeness (QED) is 0.819. The summed E-state index contributed by atoms with van der Waals surface area (Å²) in [5.41, 5.74) is -0.0409. The summed E-state index contributed by atoms with van der Waals surface area (Å²) in [5.74, 6) is -2.74. The van der Waals surface area contributed by atoms with Crippen LogP contribution in [0.25, 0.3) is 0 Å². The summed E-state index contributed by atoms with van der Waals surface area (Å²) in [6.07, 6.45) is -0.454. The summed E-state index contributed by atoms with van der Waals surface area (Å²) in [5, 5.41) is 8.38. The van der Waals surface area contributed by atoms with Crippen molar-refractivity contribution in [2.24, 2.45) is 0 Å². The summed E-state index contributed by atoms with van der Waals surface area (Å²) < 4.78 is 25.6. The molecule has 0 fully saturated rings. The molecule has 0 amide bonds. The van der Waals surface area contributed by atoms with Crippen LogP contribution in [-0.4, -0.2) is 11.1 Å². The first-order valence-electron chi connectivity index (χ1n) is 3.36. The maximum atomic E-state index is 12.9. The SMILES string of the molecule is O=C(O)Cc1cc(Br)c(F)cc1F. The van der Waals surface area contributed by atoms with Crippen molar-refractivity contribution in [2.75, 3.05) is 0 Å². The molecule has 0 saturated heterocycles. The lowest BCUT2D eigenvalue weighted by atomic mass is 10.1. The molecule has 5 heteroatoms. The fourth-order valence-corrected chi connectivity index (χ4v) is 1.25. The zero-order chi connectivity index (χ0) is 10.0. The Morgan fingerprint density at radius 3 is 2.54 bits per heavy atom. The van der Waals surface area contributed by atoms with Gasteiger partial charge in [-0.1, -0.05) is 0 Å². The van der Waals surface area contributed by atoms with Gasteiger partial charge in [0.15, 0.2) is 0 Å². The van der Waals surface area contributed by atoms with Crippen molar-refractivity contribution >= 4 is 21.9 Å². The molecule has 0 saturated carbocycles. The van der Waals surface area contributed by atoms with Crippen molar-refractivity contribution in [1.82, 2.24) is 0 Å². The lowest BCUT2D eigenvalue weighted by molar-refractivity contribution is -0.136. The molecule has 0 unspecified atom stereocenters. The molecular formula is C8H5BrF2O2. The number of hydrogen-bond donors (Lipinski definition) is 1. The van der Waals surface area contributed by atoms with Crippen molar-refractivity contribution in [3.63, 3.8) is 0 Å². The van der Waals surface area contributed by atoms with Crippen LogP contribution in [0.15, 0.2) is 16.6 Å². The van der Waals surface area contributed by atoms with E-state index < -0.39 is 24.0 Å². The first-order chi connectivity index (χ1) is 6.00. The molecule has 0 bridgehead atoms. The van der Waals surface area contributed by atoms with E-state index in [1.165, 1.54) is 0 Å². The van der Waals surface area contributed by atoms with Crippen molar-refractivity contribution < 1.29 is 18.7 Å². The highest BCUT2D eigenvalue weighted by molar-refractivity contribution is 9.10. The number of carboxylic acids is 1. The third-order valence-corrected chi connectivity index (χ3v) is 2.04. The first-order valence-corrected chi connectivity index (χ1v) is 4.15. The average Bonchev–Trinajstić information content (AvgIpc) is 1.99. The zero-order valence-electron chi connectivity index (χ0n) is 6.35. The number of carbonyl (C=O) groups is 1. The van der Waals surface area contributed by atoms with Gasteiger partial charge in [0.2, 0.25) is 0 Å². The Balaban J connectivity index is 3.08. The number of halogens is 3. The van der Waals surface area contributed by atoms with Crippen LogP contribution in [0.5, 0.6) is 0 Å². The largest absolute Gasteiger partial charge is 0.481 e. The van der Waals surface area contributed by atoms with Gasteiger partial charge in [-0.3, -0.25) is 4.79 Å². The van der Waals surface area contributed by atoms with Gasteiger partial charge in [0.1, 0.15) is 11.6 Å². The summed E-state index contributed by atoms with van der Waals surface area (Å²) in [6, 6.07) is 1.78. The van der Waals surface area contributed by atoms with Crippen molar-refractivity contribution in [2.45, 2.75) is 6.42 Å². The molecule has 1 aromatic carbocycles. The monoisotopic (exact) mass is 250 g/mol. The van der Waals surface area contributed by atoms with Gasteiger partial charge < -0.3 is 5.11 Å². The van der Waals surface area contributed by atoms with E-state index in [0.717, 1.165) is 6.07 Å². The Morgan fingerprint density at radius 2 is 2.00 bits per heavy atom. The molecule has 0 aliphatic carbocycles. The van der Waals surface area contributed by atoms with Crippen LogP contribution in [0.2, 0.25) is 0 Å². The second-order valence-corrected chi connectivity index (χ2v) is 3.28. The van der Waals surface area contributed by atoms with Gasteiger partial charge in [-0.2, -0.15) is 0 Å². The van der Waals surface area contributed by atoms with E-state index in [-0.39, 0.29) is 10.0 Å². The molecule has 1 aromatic rings. The van der Waals surface area contributed by atoms with E-state index in [0.29, 0.717) is 6.07 Å². The van der Waals surface area contributed by atoms with Gasteiger partial charge in [0, 0.05) is 11.6 Å². The lowest BCUT2D eigenvalue weighted by Gasteiger charge is -2.01. The standard InChI is InChI=1S/C8H5BrF2O2/c9-5-1-4(2-8(12)13)6(10)3-7(5)11/h1,3H,2H2,(H,12,13). The first kappa shape index (κ1) is 10.1. The van der Waals surface area contributed by atoms with Crippen molar-refractivity contribution in [3.05, 3.63) is 33.8 Å². The predicted molar refractivity (Wildman–Crippen MR) is 45.4 cm³/mol. The molecule has 70 valence electrons. The van der Waals surface area contributed by atoms with E-state index in [4.69, 9.17) is 5.11 Å². The van der Waals surface area contributed by atoms with Gasteiger partial charge in [-0.25, -0.2) is 8.78 Å². The molecule has 0 spiro atoms. The second-order valence-electron chi connectivity index (χ2n) is 2.43. The minimum Gasteiger partial charge on any atom is -0.481 e. The fourth-order valence-electron chi connectivity index (χ4n) is 0.862. The molecule has 1 rings (SSSR count). The summed E-state index contributed by atoms with van der Waals surface area (Å²) >= 11 is 2.84. The number of carboxylic acid groups (broad SMARTS) is 1. The van der Waals surface area contributed by atoms with Crippen LogP contribution in [0, 0.1) is 11.6 Å². The van der Waals surface area contributed by atoms with Crippen LogP contribution in [0.3, 0.4) is 0 Å². The summed E-state index contributed by atoms with van der Waals surface area (Å²) in [4.78, 5) is 10.2. The Bertz CT molecular complexity index is 352. The van der Waals surface area contributed by atoms with Gasteiger partial charge in [0.05, 0.1) is 10.9 Å². The maximum Gasteiger partial charge on any atom is 0.307 e. The topological polar surface area (TPSA) is 37.3 Å². The Labute approximate surface area is 81.3 Å². The highest BCUT2D eigenvalue weighted by Gasteiger charge is 2.10. The number of rotatable bonds is 2. The minimum atomic E-state index is -1.16. The third-order valence-electron chi connectivity index (χ3n) is 1.43. The molecular weight excluding hydrogens is 246 g/mol. The smallest absolute Gasteiger partial charge is 0.307 e. The molecule has 0 aliphatic heterocycles. The highest BCUT2D eigenvalue weighted by atomic mass is 79.9. The lowest BCUT2D eigenvalue weighted by Crippen LogP contribution is -2.03. The van der Waals surface area contributed by atoms with Gasteiger partial charge in [-0.15, -0.1) is 0 Å². The molecule has 1 N–H and O–H groups in total. The van der Waals surface area contributed by atoms with E-state index in [2.05, 4.69) is 15.9 Å². The highest BCUT2D eigenvalue weighted by Crippen LogP contribution is 2.20. The van der Waals surface area contributed by atoms with Crippen LogP contribution < -0.4 is 0 Å². The van der Waals surface area contributed by atoms with Crippen LogP contribution in [0.4, 0.5) is 8.78 Å². The fraction of sp³-hybridized carbons (Fsp3) is 0.125. The summed E-state index contributed by atoms with van der Waals surface area (Å²) in [6.45, 7) is 0. The van der Waals surface area contributed by atoms with E-state index in [1.54, 1.807) is 0 Å². The summed E-state index contributed by atoms with van der Waals surface area (Å²) in [7, 11) is 0. The molecule has 0 atom stereocenters. The molecule has 13 heavy (non-hydrogen) atoms. The zero-order valence-corrected chi connectivity index (χ0v) is 7.94. The number of aliphatic carboxylic acids is 1. The van der Waals surface area contributed by atoms with E-state index in [1.807, 2.05) is 0 Å². The Hall–Kier alpha value is -0.970. The van der Waals surface area contributed by atoms with Crippen LogP contribution in [-0.2, 0) is 11.2 Å². The molecule has 0 aliphatic rings. The molecule has 0 aromatic heterocycles. The van der Waals surface area contributed by atoms with Crippen molar-refractivity contribution in [1.29, 1.82) is 0 Å². The maximum absolute atomic E-state index is 12.9. The van der Waals surface area contributed by atoms with Crippen molar-refractivity contribution in [3.8, 4) is 0 Å². The van der Waals surface area contributed by atoms with Gasteiger partial charge >= 0.3 is 5.97 Å². The molecule has 0 radical (unpaired) electrons. The van der Waals surface area contributed by atoms with Crippen LogP contribution >= 0.6 is 15.9 Å². The van der Waals surface area contributed by atoms with Crippen LogP contribution in [0.1, 0.15) is 5.56 Å². The normalized spacial score (nSPS) is 10.1. The molecule has 0 heterocycles. The van der Waals surface area contributed by atoms with Gasteiger partial charge in [-0.05, 0) is 22.0 Å². The average molecular weight is 251 g/mol. The Kier molecular flexibility index (Phi) is 2.98. The second kappa shape index (κ2) is 3.83. The van der Waals surface area contributed by atoms with Gasteiger partial charge in [0.25, 0.3) is 0 Å². The van der Waals surface area contributed by atoms with E-state index in [9.17, 15) is 13.6 Å². The Morgan fingerprint density at radius 1 is 1.38 bits per heavy atom. The number of benzene rings is 1. The van der Waals surface area contributed by atoms with E-state index >= 15 is 0 Å². The third kappa shape index (κ3) is 2.48.